The van der Waals surface area contributed by atoms with Gasteiger partial charge in [0.1, 0.15) is 18.3 Å². The van der Waals surface area contributed by atoms with Crippen LogP contribution in [-0.2, 0) is 26.2 Å². The molecule has 38 heavy (non-hydrogen) atoms. The lowest BCUT2D eigenvalue weighted by Gasteiger charge is -2.32. The highest BCUT2D eigenvalue weighted by atomic mass is 32.2. The molecule has 0 aliphatic heterocycles. The zero-order chi connectivity index (χ0) is 27.7. The fourth-order valence-electron chi connectivity index (χ4n) is 3.95. The van der Waals surface area contributed by atoms with Gasteiger partial charge in [0.25, 0.3) is 10.0 Å². The molecule has 2 amide bonds. The van der Waals surface area contributed by atoms with Gasteiger partial charge in [-0.2, -0.15) is 0 Å². The minimum absolute atomic E-state index is 0.0464. The van der Waals surface area contributed by atoms with Crippen LogP contribution in [-0.4, -0.2) is 51.4 Å². The number of hydrogen-bond donors (Lipinski definition) is 1. The molecule has 0 unspecified atom stereocenters. The summed E-state index contributed by atoms with van der Waals surface area (Å²) in [7, 11) is -2.72. The van der Waals surface area contributed by atoms with Gasteiger partial charge >= 0.3 is 0 Å². The Balaban J connectivity index is 2.04. The Morgan fingerprint density at radius 1 is 0.947 bits per heavy atom. The van der Waals surface area contributed by atoms with Gasteiger partial charge in [0.2, 0.25) is 11.8 Å². The average molecular weight is 538 g/mol. The van der Waals surface area contributed by atoms with E-state index in [0.29, 0.717) is 12.3 Å². The molecule has 8 nitrogen and oxygen atoms in total. The predicted molar refractivity (Wildman–Crippen MR) is 148 cm³/mol. The summed E-state index contributed by atoms with van der Waals surface area (Å²) in [6.07, 6.45) is 0.751. The number of nitrogens with one attached hydrogen (secondary N) is 1. The van der Waals surface area contributed by atoms with Crippen molar-refractivity contribution in [2.75, 3.05) is 24.5 Å². The molecule has 1 atom stereocenters. The molecule has 9 heteroatoms. The third-order valence-electron chi connectivity index (χ3n) is 6.15. The zero-order valence-corrected chi connectivity index (χ0v) is 23.1. The number of carbonyl (C=O) groups is 2. The number of benzene rings is 3. The number of aryl methyl sites for hydroxylation is 1. The third-order valence-corrected chi connectivity index (χ3v) is 7.93. The Morgan fingerprint density at radius 2 is 1.58 bits per heavy atom. The molecule has 0 aromatic heterocycles. The first kappa shape index (κ1) is 28.7. The van der Waals surface area contributed by atoms with Gasteiger partial charge in [-0.05, 0) is 50.1 Å². The molecule has 0 heterocycles. The first-order chi connectivity index (χ1) is 18.2. The molecule has 0 bridgehead atoms. The van der Waals surface area contributed by atoms with E-state index in [1.165, 1.54) is 24.1 Å². The molecule has 3 rings (SSSR count). The molecular weight excluding hydrogens is 502 g/mol. The van der Waals surface area contributed by atoms with Crippen LogP contribution in [0.3, 0.4) is 0 Å². The lowest BCUT2D eigenvalue weighted by Crippen LogP contribution is -2.51. The number of para-hydroxylation sites is 2. The molecule has 202 valence electrons. The minimum Gasteiger partial charge on any atom is -0.495 e. The Labute approximate surface area is 225 Å². The number of hydrogen-bond acceptors (Lipinski definition) is 5. The van der Waals surface area contributed by atoms with Gasteiger partial charge in [-0.15, -0.1) is 0 Å². The summed E-state index contributed by atoms with van der Waals surface area (Å²) in [5, 5.41) is 2.83. The molecule has 0 fully saturated rings. The molecule has 0 saturated heterocycles. The summed E-state index contributed by atoms with van der Waals surface area (Å²) in [5.41, 5.74) is 1.96. The Morgan fingerprint density at radius 3 is 2.21 bits per heavy atom. The second-order valence-corrected chi connectivity index (χ2v) is 10.8. The van der Waals surface area contributed by atoms with Crippen molar-refractivity contribution in [1.82, 2.24) is 10.2 Å². The van der Waals surface area contributed by atoms with E-state index in [9.17, 15) is 18.0 Å². The van der Waals surface area contributed by atoms with Crippen LogP contribution in [0, 0.1) is 6.92 Å². The van der Waals surface area contributed by atoms with E-state index in [1.54, 1.807) is 43.3 Å². The van der Waals surface area contributed by atoms with Crippen molar-refractivity contribution in [3.63, 3.8) is 0 Å². The highest BCUT2D eigenvalue weighted by Gasteiger charge is 2.33. The molecule has 0 radical (unpaired) electrons. The van der Waals surface area contributed by atoms with Crippen molar-refractivity contribution in [2.45, 2.75) is 44.7 Å². The molecule has 1 N–H and O–H groups in total. The minimum atomic E-state index is -4.16. The van der Waals surface area contributed by atoms with Crippen molar-refractivity contribution in [2.24, 2.45) is 0 Å². The fraction of sp³-hybridized carbons (Fsp3) is 0.310. The number of amides is 2. The van der Waals surface area contributed by atoms with Crippen LogP contribution in [0.25, 0.3) is 0 Å². The van der Waals surface area contributed by atoms with Crippen LogP contribution in [0.15, 0.2) is 83.8 Å². The van der Waals surface area contributed by atoms with Gasteiger partial charge in [-0.3, -0.25) is 13.9 Å². The molecule has 0 aliphatic carbocycles. The van der Waals surface area contributed by atoms with Crippen molar-refractivity contribution >= 4 is 27.5 Å². The van der Waals surface area contributed by atoms with Crippen LogP contribution >= 0.6 is 0 Å². The van der Waals surface area contributed by atoms with Crippen LogP contribution in [0.4, 0.5) is 5.69 Å². The summed E-state index contributed by atoms with van der Waals surface area (Å²) in [6, 6.07) is 21.5. The first-order valence-electron chi connectivity index (χ1n) is 12.5. The smallest absolute Gasteiger partial charge is 0.264 e. The van der Waals surface area contributed by atoms with E-state index in [4.69, 9.17) is 4.74 Å². The first-order valence-corrected chi connectivity index (χ1v) is 14.0. The van der Waals surface area contributed by atoms with Crippen LogP contribution in [0.2, 0.25) is 0 Å². The lowest BCUT2D eigenvalue weighted by atomic mass is 10.1. The third kappa shape index (κ3) is 6.92. The monoisotopic (exact) mass is 537 g/mol. The summed E-state index contributed by atoms with van der Waals surface area (Å²) >= 11 is 0. The van der Waals surface area contributed by atoms with Crippen molar-refractivity contribution in [3.05, 3.63) is 90.0 Å². The van der Waals surface area contributed by atoms with Crippen molar-refractivity contribution < 1.29 is 22.7 Å². The van der Waals surface area contributed by atoms with E-state index < -0.39 is 28.5 Å². The largest absolute Gasteiger partial charge is 0.495 e. The van der Waals surface area contributed by atoms with Gasteiger partial charge in [0.15, 0.2) is 0 Å². The predicted octanol–water partition coefficient (Wildman–Crippen LogP) is 4.14. The summed E-state index contributed by atoms with van der Waals surface area (Å²) < 4.78 is 34.3. The SMILES string of the molecule is CCCNC(=O)[C@@H](C)N(Cc1ccccc1)C(=O)CN(c1ccccc1OC)S(=O)(=O)c1ccc(C)cc1. The second-order valence-electron chi connectivity index (χ2n) is 8.97. The Kier molecular flexibility index (Phi) is 9.90. The average Bonchev–Trinajstić information content (AvgIpc) is 2.93. The summed E-state index contributed by atoms with van der Waals surface area (Å²) in [4.78, 5) is 28.2. The van der Waals surface area contributed by atoms with Crippen molar-refractivity contribution in [3.8, 4) is 5.75 Å². The summed E-state index contributed by atoms with van der Waals surface area (Å²) in [5.74, 6) is -0.518. The maximum Gasteiger partial charge on any atom is 0.264 e. The number of ether oxygens (including phenoxy) is 1. The molecule has 0 spiro atoms. The Bertz CT molecular complexity index is 1330. The van der Waals surface area contributed by atoms with Crippen molar-refractivity contribution in [1.29, 1.82) is 0 Å². The van der Waals surface area contributed by atoms with Gasteiger partial charge in [-0.25, -0.2) is 8.42 Å². The van der Waals surface area contributed by atoms with E-state index in [-0.39, 0.29) is 23.0 Å². The highest BCUT2D eigenvalue weighted by molar-refractivity contribution is 7.92. The maximum absolute atomic E-state index is 13.9. The molecule has 3 aromatic carbocycles. The molecule has 0 saturated carbocycles. The summed E-state index contributed by atoms with van der Waals surface area (Å²) in [6.45, 7) is 5.56. The van der Waals surface area contributed by atoms with Gasteiger partial charge in [0.05, 0.1) is 17.7 Å². The van der Waals surface area contributed by atoms with E-state index in [1.807, 2.05) is 44.2 Å². The second kappa shape index (κ2) is 13.1. The molecular formula is C29H35N3O5S. The number of nitrogens with zero attached hydrogens (tertiary/aromatic N) is 2. The quantitative estimate of drug-likeness (QED) is 0.375. The van der Waals surface area contributed by atoms with E-state index in [0.717, 1.165) is 21.9 Å². The number of anilines is 1. The van der Waals surface area contributed by atoms with Gasteiger partial charge in [-0.1, -0.05) is 67.1 Å². The lowest BCUT2D eigenvalue weighted by molar-refractivity contribution is -0.139. The topological polar surface area (TPSA) is 96.0 Å². The standard InChI is InChI=1S/C29H35N3O5S/c1-5-19-30-29(34)23(3)31(20-24-11-7-6-8-12-24)28(33)21-32(26-13-9-10-14-27(26)37-4)38(35,36)25-17-15-22(2)16-18-25/h6-18,23H,5,19-21H2,1-4H3,(H,30,34)/t23-/m1/s1. The number of rotatable bonds is 12. The van der Waals surface area contributed by atoms with Crippen LogP contribution < -0.4 is 14.4 Å². The van der Waals surface area contributed by atoms with Gasteiger partial charge in [0, 0.05) is 13.1 Å². The highest BCUT2D eigenvalue weighted by Crippen LogP contribution is 2.32. The number of sulfonamides is 1. The Hall–Kier alpha value is -3.85. The normalized spacial score (nSPS) is 11.9. The zero-order valence-electron chi connectivity index (χ0n) is 22.3. The van der Waals surface area contributed by atoms with Gasteiger partial charge < -0.3 is 15.0 Å². The van der Waals surface area contributed by atoms with E-state index in [2.05, 4.69) is 5.32 Å². The number of carbonyl (C=O) groups excluding carboxylic acids is 2. The van der Waals surface area contributed by atoms with E-state index >= 15 is 0 Å². The molecule has 3 aromatic rings. The van der Waals surface area contributed by atoms with Crippen LogP contribution in [0.1, 0.15) is 31.4 Å². The molecule has 0 aliphatic rings. The number of methoxy groups -OCH3 is 1. The maximum atomic E-state index is 13.9. The van der Waals surface area contributed by atoms with Crippen LogP contribution in [0.5, 0.6) is 5.75 Å². The fourth-order valence-corrected chi connectivity index (χ4v) is 5.37.